The normalized spacial score (nSPS) is 17.0. The first-order chi connectivity index (χ1) is 8.33. The SMILES string of the molecule is Brc1ccc2cnn(CCN3CCCC3)c2c1. The van der Waals surface area contributed by atoms with Gasteiger partial charge in [0.1, 0.15) is 0 Å². The van der Waals surface area contributed by atoms with Gasteiger partial charge in [0.25, 0.3) is 0 Å². The minimum absolute atomic E-state index is 0.986. The molecule has 1 saturated heterocycles. The van der Waals surface area contributed by atoms with E-state index in [0.717, 1.165) is 17.6 Å². The highest BCUT2D eigenvalue weighted by molar-refractivity contribution is 9.10. The number of aromatic nitrogens is 2. The van der Waals surface area contributed by atoms with E-state index in [4.69, 9.17) is 0 Å². The molecule has 0 atom stereocenters. The summed E-state index contributed by atoms with van der Waals surface area (Å²) in [5.74, 6) is 0. The van der Waals surface area contributed by atoms with Crippen LogP contribution in [0.4, 0.5) is 0 Å². The summed E-state index contributed by atoms with van der Waals surface area (Å²) in [6.07, 6.45) is 4.66. The van der Waals surface area contributed by atoms with Crippen molar-refractivity contribution in [2.45, 2.75) is 19.4 Å². The summed E-state index contributed by atoms with van der Waals surface area (Å²) in [5, 5.41) is 5.68. The standard InChI is InChI=1S/C13H16BrN3/c14-12-4-3-11-10-15-17(13(11)9-12)8-7-16-5-1-2-6-16/h3-4,9-10H,1-2,5-8H2. The third kappa shape index (κ3) is 2.38. The Kier molecular flexibility index (Phi) is 3.16. The second-order valence-corrected chi connectivity index (χ2v) is 5.54. The minimum Gasteiger partial charge on any atom is -0.301 e. The molecule has 1 aliphatic rings. The van der Waals surface area contributed by atoms with Gasteiger partial charge in [0, 0.05) is 16.4 Å². The summed E-state index contributed by atoms with van der Waals surface area (Å²) >= 11 is 3.52. The number of hydrogen-bond acceptors (Lipinski definition) is 2. The first-order valence-corrected chi connectivity index (χ1v) is 6.96. The summed E-state index contributed by atoms with van der Waals surface area (Å²) in [7, 11) is 0. The van der Waals surface area contributed by atoms with Crippen LogP contribution in [-0.2, 0) is 6.54 Å². The van der Waals surface area contributed by atoms with Crippen molar-refractivity contribution in [3.8, 4) is 0 Å². The van der Waals surface area contributed by atoms with E-state index >= 15 is 0 Å². The van der Waals surface area contributed by atoms with Gasteiger partial charge in [-0.2, -0.15) is 5.10 Å². The van der Waals surface area contributed by atoms with Crippen molar-refractivity contribution in [2.75, 3.05) is 19.6 Å². The molecule has 3 nitrogen and oxygen atoms in total. The lowest BCUT2D eigenvalue weighted by Gasteiger charge is -2.14. The Morgan fingerprint density at radius 1 is 1.18 bits per heavy atom. The maximum absolute atomic E-state index is 4.47. The lowest BCUT2D eigenvalue weighted by Crippen LogP contribution is -2.24. The molecule has 1 fully saturated rings. The van der Waals surface area contributed by atoms with Crippen LogP contribution in [0.3, 0.4) is 0 Å². The number of fused-ring (bicyclic) bond motifs is 1. The second kappa shape index (κ2) is 4.78. The van der Waals surface area contributed by atoms with Crippen molar-refractivity contribution in [1.82, 2.24) is 14.7 Å². The Bertz CT molecular complexity index is 514. The molecule has 2 heterocycles. The van der Waals surface area contributed by atoms with Crippen molar-refractivity contribution in [3.63, 3.8) is 0 Å². The monoisotopic (exact) mass is 293 g/mol. The van der Waals surface area contributed by atoms with E-state index in [0.29, 0.717) is 0 Å². The van der Waals surface area contributed by atoms with Crippen LogP contribution in [0.5, 0.6) is 0 Å². The van der Waals surface area contributed by atoms with E-state index in [-0.39, 0.29) is 0 Å². The molecule has 0 spiro atoms. The fourth-order valence-electron chi connectivity index (χ4n) is 2.46. The zero-order valence-corrected chi connectivity index (χ0v) is 11.4. The lowest BCUT2D eigenvalue weighted by atomic mass is 10.2. The molecule has 17 heavy (non-hydrogen) atoms. The van der Waals surface area contributed by atoms with E-state index in [1.807, 2.05) is 6.20 Å². The average Bonchev–Trinajstić information content (AvgIpc) is 2.94. The Hall–Kier alpha value is -0.870. The first kappa shape index (κ1) is 11.2. The Labute approximate surface area is 110 Å². The van der Waals surface area contributed by atoms with Crippen LogP contribution < -0.4 is 0 Å². The third-order valence-corrected chi connectivity index (χ3v) is 3.93. The van der Waals surface area contributed by atoms with Gasteiger partial charge in [-0.05, 0) is 38.1 Å². The van der Waals surface area contributed by atoms with E-state index in [1.54, 1.807) is 0 Å². The van der Waals surface area contributed by atoms with Crippen LogP contribution in [0.25, 0.3) is 10.9 Å². The van der Waals surface area contributed by atoms with Gasteiger partial charge in [-0.15, -0.1) is 0 Å². The number of halogens is 1. The third-order valence-electron chi connectivity index (χ3n) is 3.43. The van der Waals surface area contributed by atoms with Gasteiger partial charge < -0.3 is 4.90 Å². The Morgan fingerprint density at radius 2 is 2.00 bits per heavy atom. The highest BCUT2D eigenvalue weighted by Gasteiger charge is 2.11. The fourth-order valence-corrected chi connectivity index (χ4v) is 2.81. The highest BCUT2D eigenvalue weighted by Crippen LogP contribution is 2.19. The molecule has 1 aliphatic heterocycles. The van der Waals surface area contributed by atoms with Crippen molar-refractivity contribution in [2.24, 2.45) is 0 Å². The molecular weight excluding hydrogens is 278 g/mol. The maximum Gasteiger partial charge on any atom is 0.0694 e. The molecule has 1 aromatic carbocycles. The Morgan fingerprint density at radius 3 is 2.82 bits per heavy atom. The summed E-state index contributed by atoms with van der Waals surface area (Å²) in [6.45, 7) is 4.61. The molecule has 90 valence electrons. The zero-order valence-electron chi connectivity index (χ0n) is 9.77. The van der Waals surface area contributed by atoms with Gasteiger partial charge in [-0.1, -0.05) is 22.0 Å². The van der Waals surface area contributed by atoms with Crippen molar-refractivity contribution < 1.29 is 0 Å². The molecule has 0 radical (unpaired) electrons. The smallest absolute Gasteiger partial charge is 0.0694 e. The number of rotatable bonds is 3. The summed E-state index contributed by atoms with van der Waals surface area (Å²) in [5.41, 5.74) is 1.22. The second-order valence-electron chi connectivity index (χ2n) is 4.62. The van der Waals surface area contributed by atoms with E-state index in [2.05, 4.69) is 48.8 Å². The van der Waals surface area contributed by atoms with Crippen LogP contribution in [0, 0.1) is 0 Å². The largest absolute Gasteiger partial charge is 0.301 e. The van der Waals surface area contributed by atoms with Crippen LogP contribution in [-0.4, -0.2) is 34.3 Å². The number of hydrogen-bond donors (Lipinski definition) is 0. The molecule has 0 amide bonds. The van der Waals surface area contributed by atoms with E-state index < -0.39 is 0 Å². The van der Waals surface area contributed by atoms with Gasteiger partial charge in [-0.3, -0.25) is 4.68 Å². The Balaban J connectivity index is 1.77. The van der Waals surface area contributed by atoms with E-state index in [9.17, 15) is 0 Å². The lowest BCUT2D eigenvalue weighted by molar-refractivity contribution is 0.318. The van der Waals surface area contributed by atoms with E-state index in [1.165, 1.54) is 36.8 Å². The van der Waals surface area contributed by atoms with Crippen molar-refractivity contribution in [1.29, 1.82) is 0 Å². The van der Waals surface area contributed by atoms with Crippen molar-refractivity contribution >= 4 is 26.8 Å². The number of likely N-dealkylation sites (tertiary alicyclic amines) is 1. The van der Waals surface area contributed by atoms with Gasteiger partial charge in [0.2, 0.25) is 0 Å². The maximum atomic E-state index is 4.47. The average molecular weight is 294 g/mol. The van der Waals surface area contributed by atoms with Gasteiger partial charge in [0.15, 0.2) is 0 Å². The molecule has 2 aromatic rings. The van der Waals surface area contributed by atoms with Crippen molar-refractivity contribution in [3.05, 3.63) is 28.9 Å². The summed E-state index contributed by atoms with van der Waals surface area (Å²) in [4.78, 5) is 2.52. The predicted octanol–water partition coefficient (Wildman–Crippen LogP) is 2.89. The molecule has 4 heteroatoms. The molecule has 0 N–H and O–H groups in total. The summed E-state index contributed by atoms with van der Waals surface area (Å²) in [6, 6.07) is 6.32. The first-order valence-electron chi connectivity index (χ1n) is 6.16. The minimum atomic E-state index is 0.986. The highest BCUT2D eigenvalue weighted by atomic mass is 79.9. The molecule has 3 rings (SSSR count). The zero-order chi connectivity index (χ0) is 11.7. The topological polar surface area (TPSA) is 21.1 Å². The molecular formula is C13H16BrN3. The number of nitrogens with zero attached hydrogens (tertiary/aromatic N) is 3. The van der Waals surface area contributed by atoms with Crippen LogP contribution in [0.1, 0.15) is 12.8 Å². The molecule has 0 unspecified atom stereocenters. The van der Waals surface area contributed by atoms with Crippen LogP contribution >= 0.6 is 15.9 Å². The predicted molar refractivity (Wildman–Crippen MR) is 73.1 cm³/mol. The van der Waals surface area contributed by atoms with Crippen LogP contribution in [0.2, 0.25) is 0 Å². The van der Waals surface area contributed by atoms with Gasteiger partial charge in [0.05, 0.1) is 18.3 Å². The number of benzene rings is 1. The van der Waals surface area contributed by atoms with Gasteiger partial charge in [-0.25, -0.2) is 0 Å². The molecule has 0 bridgehead atoms. The fraction of sp³-hybridized carbons (Fsp3) is 0.462. The quantitative estimate of drug-likeness (QED) is 0.868. The molecule has 0 saturated carbocycles. The summed E-state index contributed by atoms with van der Waals surface area (Å²) < 4.78 is 3.23. The molecule has 1 aromatic heterocycles. The molecule has 0 aliphatic carbocycles. The van der Waals surface area contributed by atoms with Crippen LogP contribution in [0.15, 0.2) is 28.9 Å². The van der Waals surface area contributed by atoms with Gasteiger partial charge >= 0.3 is 0 Å².